The molecular formula is C29H35N5O3. The van der Waals surface area contributed by atoms with Crippen molar-refractivity contribution in [2.24, 2.45) is 0 Å². The van der Waals surface area contributed by atoms with E-state index in [9.17, 15) is 14.9 Å². The molecule has 194 valence electrons. The monoisotopic (exact) mass is 501 g/mol. The van der Waals surface area contributed by atoms with Gasteiger partial charge in [-0.2, -0.15) is 5.26 Å². The van der Waals surface area contributed by atoms with E-state index in [4.69, 9.17) is 4.74 Å². The lowest BCUT2D eigenvalue weighted by molar-refractivity contribution is -0.132. The Morgan fingerprint density at radius 2 is 2.00 bits per heavy atom. The average molecular weight is 502 g/mol. The molecule has 1 unspecified atom stereocenters. The number of hydrogen-bond acceptors (Lipinski definition) is 6. The first-order valence-electron chi connectivity index (χ1n) is 13.1. The molecule has 0 aromatic heterocycles. The Balaban J connectivity index is 1.30. The number of rotatable bonds is 5. The molecule has 1 spiro atoms. The number of likely N-dealkylation sites (N-methyl/N-ethyl adjacent to an activating group) is 2. The topological polar surface area (TPSA) is 97.7 Å². The smallest absolute Gasteiger partial charge is 0.251 e. The number of carbonyl (C=O) groups is 2. The first-order valence-corrected chi connectivity index (χ1v) is 13.1. The SMILES string of the molecule is CN1CCCC2(C1)C(=O)N(C)c1ccc(-c3ccc(C[C@@H](C#N)NC(=O)[C@@H]4CNCCCO4)cc3)cc12. The standard InChI is InChI=1S/C29H35N5O3/c1-33-13-3-11-29(19-33)24-16-22(9-10-25(24)34(2)28(29)36)21-7-5-20(6-8-21)15-23(17-30)32-27(35)26-18-31-12-4-14-37-26/h5-10,16,23,26,31H,3-4,11-15,18-19H2,1-2H3,(H,32,35)/t23-,26-,29?/m0/s1. The first kappa shape index (κ1) is 25.4. The molecule has 2 aromatic carbocycles. The highest BCUT2D eigenvalue weighted by atomic mass is 16.5. The highest BCUT2D eigenvalue weighted by Gasteiger charge is 2.51. The Morgan fingerprint density at radius 3 is 2.76 bits per heavy atom. The number of likely N-dealkylation sites (tertiary alicyclic amines) is 1. The van der Waals surface area contributed by atoms with Gasteiger partial charge in [-0.3, -0.25) is 9.59 Å². The van der Waals surface area contributed by atoms with Gasteiger partial charge in [0.2, 0.25) is 5.91 Å². The highest BCUT2D eigenvalue weighted by Crippen LogP contribution is 2.47. The van der Waals surface area contributed by atoms with Crippen LogP contribution in [0.5, 0.6) is 0 Å². The number of amides is 2. The Kier molecular flexibility index (Phi) is 7.29. The van der Waals surface area contributed by atoms with Crippen molar-refractivity contribution in [1.29, 1.82) is 5.26 Å². The molecule has 3 aliphatic heterocycles. The summed E-state index contributed by atoms with van der Waals surface area (Å²) in [6, 6.07) is 16.0. The number of piperidine rings is 1. The minimum Gasteiger partial charge on any atom is -0.367 e. The number of hydrogen-bond donors (Lipinski definition) is 2. The van der Waals surface area contributed by atoms with Gasteiger partial charge in [-0.05, 0) is 73.8 Å². The molecule has 0 aliphatic carbocycles. The van der Waals surface area contributed by atoms with E-state index < -0.39 is 17.6 Å². The van der Waals surface area contributed by atoms with Crippen molar-refractivity contribution in [2.45, 2.75) is 43.2 Å². The van der Waals surface area contributed by atoms with Crippen LogP contribution in [0.15, 0.2) is 42.5 Å². The third-order valence-electron chi connectivity index (χ3n) is 7.91. The van der Waals surface area contributed by atoms with Gasteiger partial charge in [0.1, 0.15) is 12.1 Å². The van der Waals surface area contributed by atoms with E-state index in [-0.39, 0.29) is 11.8 Å². The van der Waals surface area contributed by atoms with Crippen molar-refractivity contribution < 1.29 is 14.3 Å². The highest BCUT2D eigenvalue weighted by molar-refractivity contribution is 6.08. The third-order valence-corrected chi connectivity index (χ3v) is 7.91. The second-order valence-electron chi connectivity index (χ2n) is 10.5. The van der Waals surface area contributed by atoms with Crippen LogP contribution >= 0.6 is 0 Å². The Hall–Kier alpha value is -3.25. The van der Waals surface area contributed by atoms with Crippen LogP contribution < -0.4 is 15.5 Å². The summed E-state index contributed by atoms with van der Waals surface area (Å²) >= 11 is 0. The zero-order valence-corrected chi connectivity index (χ0v) is 21.6. The largest absolute Gasteiger partial charge is 0.367 e. The van der Waals surface area contributed by atoms with E-state index in [0.29, 0.717) is 19.6 Å². The summed E-state index contributed by atoms with van der Waals surface area (Å²) in [4.78, 5) is 30.0. The number of fused-ring (bicyclic) bond motifs is 2. The molecule has 0 radical (unpaired) electrons. The van der Waals surface area contributed by atoms with Gasteiger partial charge in [0.15, 0.2) is 0 Å². The second-order valence-corrected chi connectivity index (χ2v) is 10.5. The minimum atomic E-state index is -0.630. The maximum atomic E-state index is 13.3. The van der Waals surface area contributed by atoms with Crippen molar-refractivity contribution in [1.82, 2.24) is 15.5 Å². The fourth-order valence-electron chi connectivity index (χ4n) is 5.95. The number of nitrogens with zero attached hydrogens (tertiary/aromatic N) is 3. The molecular weight excluding hydrogens is 466 g/mol. The number of nitrogens with one attached hydrogen (secondary N) is 2. The van der Waals surface area contributed by atoms with E-state index in [1.165, 1.54) is 0 Å². The van der Waals surface area contributed by atoms with Crippen LogP contribution in [0.2, 0.25) is 0 Å². The normalized spacial score (nSPS) is 24.8. The molecule has 2 saturated heterocycles. The van der Waals surface area contributed by atoms with Crippen LogP contribution in [0.3, 0.4) is 0 Å². The van der Waals surface area contributed by atoms with E-state index in [1.807, 2.05) is 36.2 Å². The van der Waals surface area contributed by atoms with E-state index in [0.717, 1.165) is 66.8 Å². The summed E-state index contributed by atoms with van der Waals surface area (Å²) in [7, 11) is 3.97. The van der Waals surface area contributed by atoms with Crippen LogP contribution in [-0.2, 0) is 26.2 Å². The molecule has 0 saturated carbocycles. The van der Waals surface area contributed by atoms with Crippen LogP contribution in [0.1, 0.15) is 30.4 Å². The molecule has 37 heavy (non-hydrogen) atoms. The van der Waals surface area contributed by atoms with Gasteiger partial charge < -0.3 is 25.2 Å². The predicted octanol–water partition coefficient (Wildman–Crippen LogP) is 2.22. The summed E-state index contributed by atoms with van der Waals surface area (Å²) in [5.74, 6) is -0.0614. The zero-order valence-electron chi connectivity index (χ0n) is 21.6. The van der Waals surface area contributed by atoms with Crippen molar-refractivity contribution in [3.05, 3.63) is 53.6 Å². The van der Waals surface area contributed by atoms with Crippen molar-refractivity contribution in [3.63, 3.8) is 0 Å². The number of carbonyl (C=O) groups excluding carboxylic acids is 2. The molecule has 8 heteroatoms. The Bertz CT molecular complexity index is 1200. The maximum Gasteiger partial charge on any atom is 0.251 e. The predicted molar refractivity (Wildman–Crippen MR) is 142 cm³/mol. The molecule has 2 fully saturated rings. The zero-order chi connectivity index (χ0) is 26.0. The lowest BCUT2D eigenvalue weighted by Crippen LogP contribution is -2.50. The van der Waals surface area contributed by atoms with Crippen LogP contribution in [0, 0.1) is 11.3 Å². The van der Waals surface area contributed by atoms with Crippen molar-refractivity contribution in [3.8, 4) is 17.2 Å². The van der Waals surface area contributed by atoms with Gasteiger partial charge in [-0.1, -0.05) is 30.3 Å². The van der Waals surface area contributed by atoms with Gasteiger partial charge in [0.05, 0.1) is 11.5 Å². The molecule has 5 rings (SSSR count). The first-order chi connectivity index (χ1) is 17.9. The van der Waals surface area contributed by atoms with Gasteiger partial charge in [0.25, 0.3) is 5.91 Å². The van der Waals surface area contributed by atoms with Crippen LogP contribution in [0.4, 0.5) is 5.69 Å². The molecule has 3 aliphatic rings. The lowest BCUT2D eigenvalue weighted by atomic mass is 9.74. The molecule has 3 heterocycles. The number of ether oxygens (including phenoxy) is 1. The Labute approximate surface area is 218 Å². The summed E-state index contributed by atoms with van der Waals surface area (Å²) in [6.07, 6.45) is 2.60. The average Bonchev–Trinajstić information content (AvgIpc) is 3.12. The van der Waals surface area contributed by atoms with E-state index in [1.54, 1.807) is 0 Å². The fourth-order valence-corrected chi connectivity index (χ4v) is 5.95. The summed E-state index contributed by atoms with van der Waals surface area (Å²) in [6.45, 7) is 3.58. The van der Waals surface area contributed by atoms with Crippen LogP contribution in [0.25, 0.3) is 11.1 Å². The molecule has 3 atom stereocenters. The lowest BCUT2D eigenvalue weighted by Gasteiger charge is -2.37. The van der Waals surface area contributed by atoms with Crippen LogP contribution in [-0.4, -0.2) is 75.7 Å². The minimum absolute atomic E-state index is 0.191. The molecule has 2 aromatic rings. The third kappa shape index (κ3) is 4.99. The van der Waals surface area contributed by atoms with Crippen molar-refractivity contribution in [2.75, 3.05) is 51.8 Å². The quantitative estimate of drug-likeness (QED) is 0.652. The number of nitriles is 1. The molecule has 8 nitrogen and oxygen atoms in total. The number of benzene rings is 2. The summed E-state index contributed by atoms with van der Waals surface area (Å²) in [5.41, 5.74) is 4.75. The van der Waals surface area contributed by atoms with E-state index >= 15 is 0 Å². The van der Waals surface area contributed by atoms with Gasteiger partial charge in [0, 0.05) is 38.9 Å². The van der Waals surface area contributed by atoms with Crippen molar-refractivity contribution >= 4 is 17.5 Å². The fraction of sp³-hybridized carbons (Fsp3) is 0.483. The Morgan fingerprint density at radius 1 is 1.22 bits per heavy atom. The second kappa shape index (κ2) is 10.6. The van der Waals surface area contributed by atoms with E-state index in [2.05, 4.69) is 46.8 Å². The summed E-state index contributed by atoms with van der Waals surface area (Å²) < 4.78 is 5.61. The molecule has 2 amide bonds. The molecule has 0 bridgehead atoms. The van der Waals surface area contributed by atoms with Gasteiger partial charge >= 0.3 is 0 Å². The van der Waals surface area contributed by atoms with Gasteiger partial charge in [-0.25, -0.2) is 0 Å². The maximum absolute atomic E-state index is 13.3. The van der Waals surface area contributed by atoms with Gasteiger partial charge in [-0.15, -0.1) is 0 Å². The number of anilines is 1. The summed E-state index contributed by atoms with van der Waals surface area (Å²) in [5, 5.41) is 15.7. The molecule has 2 N–H and O–H groups in total.